The van der Waals surface area contributed by atoms with Crippen LogP contribution in [0.1, 0.15) is 23.5 Å². The summed E-state index contributed by atoms with van der Waals surface area (Å²) in [4.78, 5) is 14.0. The Bertz CT molecular complexity index is 660. The Hall–Kier alpha value is -1.67. The number of carbonyl (C=O) groups excluding carboxylic acids is 1. The number of rotatable bonds is 6. The average Bonchev–Trinajstić information content (AvgIpc) is 2.96. The van der Waals surface area contributed by atoms with Crippen molar-refractivity contribution in [1.82, 2.24) is 24.9 Å². The van der Waals surface area contributed by atoms with Crippen LogP contribution in [0.4, 0.5) is 5.82 Å². The van der Waals surface area contributed by atoms with E-state index in [0.29, 0.717) is 18.8 Å². The number of nitrogens with one attached hydrogen (secondary N) is 2. The Kier molecular flexibility index (Phi) is 5.36. The maximum absolute atomic E-state index is 12.0. The molecule has 22 heavy (non-hydrogen) atoms. The Labute approximate surface area is 138 Å². The highest BCUT2D eigenvalue weighted by atomic mass is 79.9. The number of halogens is 1. The lowest BCUT2D eigenvalue weighted by Gasteiger charge is -2.06. The fourth-order valence-electron chi connectivity index (χ4n) is 2.15. The maximum Gasteiger partial charge on any atom is 0.227 e. The van der Waals surface area contributed by atoms with Crippen LogP contribution in [0, 0.1) is 13.8 Å². The summed E-state index contributed by atoms with van der Waals surface area (Å²) in [5.41, 5.74) is 2.92. The molecule has 2 aromatic heterocycles. The Balaban J connectivity index is 1.87. The standard InChI is InChI=1S/C14H21BrN6O/c1-9-14(15)10(2)21(19-9)6-5-13(22)16-12-7-11(17-18-12)8-20(3)4/h7H,5-6,8H2,1-4H3,(H2,16,17,18,22). The molecule has 0 fully saturated rings. The van der Waals surface area contributed by atoms with Gasteiger partial charge in [0.25, 0.3) is 0 Å². The topological polar surface area (TPSA) is 78.8 Å². The summed E-state index contributed by atoms with van der Waals surface area (Å²) in [5, 5.41) is 14.2. The minimum Gasteiger partial charge on any atom is -0.309 e. The molecule has 2 N–H and O–H groups in total. The van der Waals surface area contributed by atoms with Crippen molar-refractivity contribution in [1.29, 1.82) is 0 Å². The highest BCUT2D eigenvalue weighted by molar-refractivity contribution is 9.10. The van der Waals surface area contributed by atoms with Gasteiger partial charge >= 0.3 is 0 Å². The molecular weight excluding hydrogens is 348 g/mol. The van der Waals surface area contributed by atoms with E-state index in [4.69, 9.17) is 0 Å². The second kappa shape index (κ2) is 7.06. The third kappa shape index (κ3) is 4.17. The van der Waals surface area contributed by atoms with Crippen molar-refractivity contribution in [3.05, 3.63) is 27.6 Å². The Morgan fingerprint density at radius 3 is 2.77 bits per heavy atom. The number of aryl methyl sites for hydroxylation is 2. The molecule has 0 unspecified atom stereocenters. The van der Waals surface area contributed by atoms with Crippen LogP contribution < -0.4 is 5.32 Å². The molecule has 0 atom stereocenters. The quantitative estimate of drug-likeness (QED) is 0.817. The van der Waals surface area contributed by atoms with Gasteiger partial charge < -0.3 is 10.2 Å². The summed E-state index contributed by atoms with van der Waals surface area (Å²) >= 11 is 3.48. The van der Waals surface area contributed by atoms with Gasteiger partial charge in [-0.3, -0.25) is 14.6 Å². The fraction of sp³-hybridized carbons (Fsp3) is 0.500. The van der Waals surface area contributed by atoms with Crippen molar-refractivity contribution < 1.29 is 4.79 Å². The van der Waals surface area contributed by atoms with Crippen molar-refractivity contribution in [3.63, 3.8) is 0 Å². The molecule has 0 aliphatic rings. The van der Waals surface area contributed by atoms with Crippen molar-refractivity contribution in [2.45, 2.75) is 33.4 Å². The Morgan fingerprint density at radius 1 is 1.45 bits per heavy atom. The van der Waals surface area contributed by atoms with Crippen LogP contribution in [0.15, 0.2) is 10.5 Å². The molecule has 0 aliphatic heterocycles. The van der Waals surface area contributed by atoms with Gasteiger partial charge in [0.1, 0.15) is 0 Å². The minimum absolute atomic E-state index is 0.0772. The lowest BCUT2D eigenvalue weighted by Crippen LogP contribution is -2.15. The first kappa shape index (κ1) is 16.7. The zero-order valence-corrected chi connectivity index (χ0v) is 14.9. The molecule has 0 aliphatic carbocycles. The third-order valence-corrected chi connectivity index (χ3v) is 4.38. The van der Waals surface area contributed by atoms with E-state index in [2.05, 4.69) is 36.5 Å². The van der Waals surface area contributed by atoms with E-state index in [1.54, 1.807) is 0 Å². The van der Waals surface area contributed by atoms with Gasteiger partial charge in [0.05, 0.1) is 22.4 Å². The van der Waals surface area contributed by atoms with Crippen LogP contribution >= 0.6 is 15.9 Å². The van der Waals surface area contributed by atoms with Gasteiger partial charge in [-0.1, -0.05) is 0 Å². The van der Waals surface area contributed by atoms with Gasteiger partial charge in [-0.05, 0) is 43.9 Å². The number of anilines is 1. The fourth-order valence-corrected chi connectivity index (χ4v) is 2.44. The highest BCUT2D eigenvalue weighted by Gasteiger charge is 2.11. The average molecular weight is 369 g/mol. The zero-order chi connectivity index (χ0) is 16.3. The van der Waals surface area contributed by atoms with E-state index in [0.717, 1.165) is 28.1 Å². The Morgan fingerprint density at radius 2 is 2.18 bits per heavy atom. The van der Waals surface area contributed by atoms with Gasteiger partial charge in [0, 0.05) is 24.7 Å². The second-order valence-electron chi connectivity index (χ2n) is 5.52. The van der Waals surface area contributed by atoms with Gasteiger partial charge in [-0.15, -0.1) is 0 Å². The summed E-state index contributed by atoms with van der Waals surface area (Å²) < 4.78 is 2.83. The number of nitrogens with zero attached hydrogens (tertiary/aromatic N) is 4. The molecule has 2 heterocycles. The first-order valence-electron chi connectivity index (χ1n) is 7.05. The third-order valence-electron chi connectivity index (χ3n) is 3.23. The number of aromatic amines is 1. The first-order valence-corrected chi connectivity index (χ1v) is 7.84. The zero-order valence-electron chi connectivity index (χ0n) is 13.3. The number of hydrogen-bond acceptors (Lipinski definition) is 4. The number of amides is 1. The lowest BCUT2D eigenvalue weighted by molar-refractivity contribution is -0.116. The lowest BCUT2D eigenvalue weighted by atomic mass is 10.3. The van der Waals surface area contributed by atoms with Gasteiger partial charge in [0.15, 0.2) is 5.82 Å². The van der Waals surface area contributed by atoms with Crippen LogP contribution in [-0.2, 0) is 17.9 Å². The normalized spacial score (nSPS) is 11.2. The molecule has 0 radical (unpaired) electrons. The number of carbonyl (C=O) groups is 1. The van der Waals surface area contributed by atoms with Gasteiger partial charge in [-0.25, -0.2) is 0 Å². The van der Waals surface area contributed by atoms with Crippen LogP contribution in [0.25, 0.3) is 0 Å². The van der Waals surface area contributed by atoms with Gasteiger partial charge in [0.2, 0.25) is 5.91 Å². The molecule has 120 valence electrons. The van der Waals surface area contributed by atoms with Crippen molar-refractivity contribution in [2.75, 3.05) is 19.4 Å². The van der Waals surface area contributed by atoms with Gasteiger partial charge in [-0.2, -0.15) is 10.2 Å². The molecule has 0 bridgehead atoms. The molecule has 7 nitrogen and oxygen atoms in total. The molecule has 0 aromatic carbocycles. The van der Waals surface area contributed by atoms with E-state index in [9.17, 15) is 4.79 Å². The SMILES string of the molecule is Cc1nn(CCC(=O)Nc2cc(CN(C)C)[nH]n2)c(C)c1Br. The second-order valence-corrected chi connectivity index (χ2v) is 6.32. The van der Waals surface area contributed by atoms with E-state index >= 15 is 0 Å². The van der Waals surface area contributed by atoms with Crippen molar-refractivity contribution in [2.24, 2.45) is 0 Å². The summed E-state index contributed by atoms with van der Waals surface area (Å²) in [6.07, 6.45) is 0.351. The number of aromatic nitrogens is 4. The smallest absolute Gasteiger partial charge is 0.227 e. The predicted molar refractivity (Wildman–Crippen MR) is 88.6 cm³/mol. The number of H-pyrrole nitrogens is 1. The highest BCUT2D eigenvalue weighted by Crippen LogP contribution is 2.19. The van der Waals surface area contributed by atoms with Crippen LogP contribution in [-0.4, -0.2) is 44.9 Å². The van der Waals surface area contributed by atoms with E-state index in [1.807, 2.05) is 43.6 Å². The van der Waals surface area contributed by atoms with Crippen LogP contribution in [0.2, 0.25) is 0 Å². The molecule has 8 heteroatoms. The van der Waals surface area contributed by atoms with Crippen LogP contribution in [0.5, 0.6) is 0 Å². The summed E-state index contributed by atoms with van der Waals surface area (Å²) in [7, 11) is 3.96. The summed E-state index contributed by atoms with van der Waals surface area (Å²) in [6.45, 7) is 5.20. The predicted octanol–water partition coefficient (Wildman–Crippen LogP) is 2.08. The molecule has 0 saturated heterocycles. The molecule has 0 saturated carbocycles. The first-order chi connectivity index (χ1) is 10.4. The van der Waals surface area contributed by atoms with Crippen LogP contribution in [0.3, 0.4) is 0 Å². The summed E-state index contributed by atoms with van der Waals surface area (Å²) in [6, 6.07) is 1.85. The minimum atomic E-state index is -0.0772. The van der Waals surface area contributed by atoms with Crippen molar-refractivity contribution >= 4 is 27.7 Å². The van der Waals surface area contributed by atoms with Crippen molar-refractivity contribution in [3.8, 4) is 0 Å². The largest absolute Gasteiger partial charge is 0.309 e. The van der Waals surface area contributed by atoms with E-state index < -0.39 is 0 Å². The monoisotopic (exact) mass is 368 g/mol. The van der Waals surface area contributed by atoms with E-state index in [1.165, 1.54) is 0 Å². The molecule has 2 aromatic rings. The molecule has 1 amide bonds. The molecule has 0 spiro atoms. The molecular formula is C14H21BrN6O. The maximum atomic E-state index is 12.0. The number of hydrogen-bond donors (Lipinski definition) is 2. The molecule has 2 rings (SSSR count). The van der Waals surface area contributed by atoms with E-state index in [-0.39, 0.29) is 5.91 Å². The summed E-state index contributed by atoms with van der Waals surface area (Å²) in [5.74, 6) is 0.475.